The van der Waals surface area contributed by atoms with Crippen molar-refractivity contribution in [1.29, 1.82) is 0 Å². The molecule has 0 radical (unpaired) electrons. The van der Waals surface area contributed by atoms with E-state index in [-0.39, 0.29) is 18.0 Å². The zero-order valence-electron chi connectivity index (χ0n) is 14.1. The Morgan fingerprint density at radius 1 is 1.12 bits per heavy atom. The molecule has 2 aromatic rings. The lowest BCUT2D eigenvalue weighted by molar-refractivity contribution is -0.137. The van der Waals surface area contributed by atoms with Crippen LogP contribution in [0.15, 0.2) is 54.6 Å². The molecule has 0 spiro atoms. The first kappa shape index (κ1) is 18.5. The van der Waals surface area contributed by atoms with Crippen LogP contribution in [0, 0.1) is 5.41 Å². The van der Waals surface area contributed by atoms with E-state index in [9.17, 15) is 23.1 Å². The average Bonchev–Trinajstić information content (AvgIpc) is 3.40. The van der Waals surface area contributed by atoms with Gasteiger partial charge in [-0.3, -0.25) is 4.79 Å². The maximum Gasteiger partial charge on any atom is 0.416 e. The van der Waals surface area contributed by atoms with Gasteiger partial charge >= 0.3 is 6.18 Å². The maximum absolute atomic E-state index is 12.8. The van der Waals surface area contributed by atoms with Gasteiger partial charge in [-0.05, 0) is 42.5 Å². The van der Waals surface area contributed by atoms with E-state index in [0.717, 1.165) is 30.5 Å². The van der Waals surface area contributed by atoms with Crippen molar-refractivity contribution in [2.75, 3.05) is 6.54 Å². The summed E-state index contributed by atoms with van der Waals surface area (Å²) in [7, 11) is 0. The van der Waals surface area contributed by atoms with E-state index in [4.69, 9.17) is 0 Å². The molecule has 1 amide bonds. The van der Waals surface area contributed by atoms with E-state index in [2.05, 4.69) is 5.32 Å². The van der Waals surface area contributed by atoms with Gasteiger partial charge in [0.15, 0.2) is 0 Å². The fourth-order valence-electron chi connectivity index (χ4n) is 3.04. The summed E-state index contributed by atoms with van der Waals surface area (Å²) in [6.45, 7) is -0.114. The first-order chi connectivity index (χ1) is 12.3. The van der Waals surface area contributed by atoms with Gasteiger partial charge in [0.25, 0.3) is 0 Å². The Bertz CT molecular complexity index is 770. The Labute approximate surface area is 149 Å². The van der Waals surface area contributed by atoms with Crippen LogP contribution in [0.2, 0.25) is 0 Å². The number of alkyl halides is 3. The number of hydrogen-bond donors (Lipinski definition) is 2. The number of nitrogens with one attached hydrogen (secondary N) is 1. The second-order valence-electron chi connectivity index (χ2n) is 6.79. The molecule has 0 aromatic heterocycles. The number of carbonyl (C=O) groups is 1. The molecule has 1 aliphatic rings. The number of hydrogen-bond acceptors (Lipinski definition) is 2. The molecule has 26 heavy (non-hydrogen) atoms. The summed E-state index contributed by atoms with van der Waals surface area (Å²) < 4.78 is 38.3. The third-order valence-electron chi connectivity index (χ3n) is 4.78. The number of rotatable bonds is 6. The van der Waals surface area contributed by atoms with Crippen LogP contribution in [-0.4, -0.2) is 17.6 Å². The molecule has 0 bridgehead atoms. The van der Waals surface area contributed by atoms with E-state index in [1.165, 1.54) is 12.1 Å². The summed E-state index contributed by atoms with van der Waals surface area (Å²) in [6.07, 6.45) is -3.49. The number of aliphatic hydroxyl groups is 1. The van der Waals surface area contributed by atoms with Gasteiger partial charge in [-0.15, -0.1) is 0 Å². The molecule has 1 saturated carbocycles. The van der Waals surface area contributed by atoms with Gasteiger partial charge in [0.1, 0.15) is 0 Å². The van der Waals surface area contributed by atoms with Crippen LogP contribution in [0.25, 0.3) is 0 Å². The van der Waals surface area contributed by atoms with Gasteiger partial charge in [-0.2, -0.15) is 13.2 Å². The Balaban J connectivity index is 1.59. The number of carbonyl (C=O) groups excluding carboxylic acids is 1. The van der Waals surface area contributed by atoms with E-state index in [1.807, 2.05) is 30.3 Å². The van der Waals surface area contributed by atoms with Crippen LogP contribution in [0.1, 0.15) is 35.6 Å². The first-order valence-corrected chi connectivity index (χ1v) is 8.48. The third-order valence-corrected chi connectivity index (χ3v) is 4.78. The number of halogens is 3. The van der Waals surface area contributed by atoms with Crippen LogP contribution in [-0.2, 0) is 17.4 Å². The lowest BCUT2D eigenvalue weighted by Gasteiger charge is -2.18. The second-order valence-corrected chi connectivity index (χ2v) is 6.79. The largest absolute Gasteiger partial charge is 0.416 e. The van der Waals surface area contributed by atoms with E-state index < -0.39 is 23.3 Å². The van der Waals surface area contributed by atoms with E-state index in [1.54, 1.807) is 0 Å². The molecule has 1 atom stereocenters. The summed E-state index contributed by atoms with van der Waals surface area (Å²) >= 11 is 0. The van der Waals surface area contributed by atoms with Crippen molar-refractivity contribution in [2.45, 2.75) is 31.5 Å². The highest BCUT2D eigenvalue weighted by atomic mass is 19.4. The topological polar surface area (TPSA) is 49.3 Å². The minimum atomic E-state index is -4.47. The second kappa shape index (κ2) is 7.11. The van der Waals surface area contributed by atoms with Crippen LogP contribution < -0.4 is 5.32 Å². The molecule has 6 heteroatoms. The quantitative estimate of drug-likeness (QED) is 0.818. The Morgan fingerprint density at radius 2 is 1.81 bits per heavy atom. The van der Waals surface area contributed by atoms with Crippen molar-refractivity contribution in [1.82, 2.24) is 5.32 Å². The fourth-order valence-corrected chi connectivity index (χ4v) is 3.04. The number of amides is 1. The summed E-state index contributed by atoms with van der Waals surface area (Å²) in [4.78, 5) is 12.5. The minimum Gasteiger partial charge on any atom is -0.387 e. The number of aliphatic hydroxyl groups excluding tert-OH is 1. The molecular formula is C20H20F3NO2. The zero-order chi connectivity index (χ0) is 18.8. The Kier molecular flexibility index (Phi) is 5.05. The Morgan fingerprint density at radius 3 is 2.42 bits per heavy atom. The van der Waals surface area contributed by atoms with Crippen LogP contribution in [0.4, 0.5) is 13.2 Å². The van der Waals surface area contributed by atoms with E-state index >= 15 is 0 Å². The first-order valence-electron chi connectivity index (χ1n) is 8.48. The fraction of sp³-hybridized carbons (Fsp3) is 0.350. The molecule has 0 saturated heterocycles. The molecule has 3 rings (SSSR count). The molecule has 2 N–H and O–H groups in total. The molecule has 1 fully saturated rings. The van der Waals surface area contributed by atoms with Crippen molar-refractivity contribution >= 4 is 5.91 Å². The van der Waals surface area contributed by atoms with E-state index in [0.29, 0.717) is 6.42 Å². The average molecular weight is 363 g/mol. The summed E-state index contributed by atoms with van der Waals surface area (Å²) in [5.41, 5.74) is -0.0794. The molecule has 0 unspecified atom stereocenters. The lowest BCUT2D eigenvalue weighted by atomic mass is 9.95. The molecule has 3 nitrogen and oxygen atoms in total. The van der Waals surface area contributed by atoms with Gasteiger partial charge < -0.3 is 10.4 Å². The number of benzene rings is 2. The van der Waals surface area contributed by atoms with Gasteiger partial charge in [-0.25, -0.2) is 0 Å². The SMILES string of the molecule is O=C(NC[C@@H](O)c1cccc(C(F)(F)F)c1)C1(Cc2ccccc2)CC1. The normalized spacial score (nSPS) is 16.8. The Hall–Kier alpha value is -2.34. The predicted octanol–water partition coefficient (Wildman–Crippen LogP) is 3.88. The smallest absolute Gasteiger partial charge is 0.387 e. The summed E-state index contributed by atoms with van der Waals surface area (Å²) in [5.74, 6) is -0.160. The van der Waals surface area contributed by atoms with Gasteiger partial charge in [-0.1, -0.05) is 42.5 Å². The molecule has 0 heterocycles. The van der Waals surface area contributed by atoms with Crippen molar-refractivity contribution < 1.29 is 23.1 Å². The molecule has 1 aliphatic carbocycles. The summed E-state index contributed by atoms with van der Waals surface area (Å²) in [5, 5.41) is 12.8. The van der Waals surface area contributed by atoms with Crippen molar-refractivity contribution in [3.63, 3.8) is 0 Å². The highest BCUT2D eigenvalue weighted by molar-refractivity contribution is 5.85. The molecule has 138 valence electrons. The third kappa shape index (κ3) is 4.25. The van der Waals surface area contributed by atoms with Crippen LogP contribution in [0.5, 0.6) is 0 Å². The van der Waals surface area contributed by atoms with Gasteiger partial charge in [0.05, 0.1) is 17.1 Å². The minimum absolute atomic E-state index is 0.114. The van der Waals surface area contributed by atoms with Crippen molar-refractivity contribution in [3.8, 4) is 0 Å². The molecular weight excluding hydrogens is 343 g/mol. The van der Waals surface area contributed by atoms with Crippen LogP contribution in [0.3, 0.4) is 0 Å². The highest BCUT2D eigenvalue weighted by Gasteiger charge is 2.49. The zero-order valence-corrected chi connectivity index (χ0v) is 14.1. The van der Waals surface area contributed by atoms with Crippen LogP contribution >= 0.6 is 0 Å². The van der Waals surface area contributed by atoms with Crippen molar-refractivity contribution in [2.24, 2.45) is 5.41 Å². The maximum atomic E-state index is 12.8. The lowest BCUT2D eigenvalue weighted by Crippen LogP contribution is -2.36. The predicted molar refractivity (Wildman–Crippen MR) is 91.2 cm³/mol. The van der Waals surface area contributed by atoms with Gasteiger partial charge in [0.2, 0.25) is 5.91 Å². The molecule has 2 aromatic carbocycles. The highest BCUT2D eigenvalue weighted by Crippen LogP contribution is 2.48. The van der Waals surface area contributed by atoms with Gasteiger partial charge in [0, 0.05) is 6.54 Å². The van der Waals surface area contributed by atoms with Crippen molar-refractivity contribution in [3.05, 3.63) is 71.3 Å². The molecule has 0 aliphatic heterocycles. The summed E-state index contributed by atoms with van der Waals surface area (Å²) in [6, 6.07) is 14.2. The standard InChI is InChI=1S/C20H20F3NO2/c21-20(22,23)16-8-4-7-15(11-16)17(25)13-24-18(26)19(9-10-19)12-14-5-2-1-3-6-14/h1-8,11,17,25H,9-10,12-13H2,(H,24,26)/t17-/m1/s1. The monoisotopic (exact) mass is 363 g/mol.